The molecule has 0 saturated carbocycles. The molecule has 108 valence electrons. The normalized spacial score (nSPS) is 11.8. The predicted octanol–water partition coefficient (Wildman–Crippen LogP) is 4.94. The quantitative estimate of drug-likeness (QED) is 0.718. The SMILES string of the molecule is CC(C)C(CNCc1cc(Br)c(O)c(Br)c1)C(C)C. The van der Waals surface area contributed by atoms with Crippen molar-refractivity contribution in [2.75, 3.05) is 6.54 Å². The molecule has 0 saturated heterocycles. The molecule has 4 heteroatoms. The summed E-state index contributed by atoms with van der Waals surface area (Å²) in [6.45, 7) is 10.9. The fraction of sp³-hybridized carbons (Fsp3) is 0.600. The molecule has 0 fully saturated rings. The average molecular weight is 393 g/mol. The molecule has 19 heavy (non-hydrogen) atoms. The van der Waals surface area contributed by atoms with E-state index in [-0.39, 0.29) is 5.75 Å². The molecule has 0 aliphatic heterocycles. The number of nitrogens with one attached hydrogen (secondary N) is 1. The number of benzene rings is 1. The van der Waals surface area contributed by atoms with Gasteiger partial charge in [0.1, 0.15) is 5.75 Å². The van der Waals surface area contributed by atoms with E-state index in [1.807, 2.05) is 12.1 Å². The third kappa shape index (κ3) is 5.09. The molecule has 0 unspecified atom stereocenters. The molecule has 2 N–H and O–H groups in total. The minimum Gasteiger partial charge on any atom is -0.506 e. The van der Waals surface area contributed by atoms with Gasteiger partial charge in [-0.2, -0.15) is 0 Å². The lowest BCUT2D eigenvalue weighted by molar-refractivity contribution is 0.275. The van der Waals surface area contributed by atoms with Crippen molar-refractivity contribution in [2.24, 2.45) is 17.8 Å². The zero-order chi connectivity index (χ0) is 14.6. The highest BCUT2D eigenvalue weighted by molar-refractivity contribution is 9.11. The lowest BCUT2D eigenvalue weighted by Crippen LogP contribution is -2.29. The first-order valence-electron chi connectivity index (χ1n) is 6.70. The van der Waals surface area contributed by atoms with Gasteiger partial charge in [-0.15, -0.1) is 0 Å². The molecular weight excluding hydrogens is 370 g/mol. The van der Waals surface area contributed by atoms with Crippen molar-refractivity contribution in [1.29, 1.82) is 0 Å². The first-order chi connectivity index (χ1) is 8.82. The summed E-state index contributed by atoms with van der Waals surface area (Å²) in [6, 6.07) is 3.90. The molecule has 1 rings (SSSR count). The van der Waals surface area contributed by atoms with Gasteiger partial charge >= 0.3 is 0 Å². The van der Waals surface area contributed by atoms with Gasteiger partial charge < -0.3 is 10.4 Å². The van der Waals surface area contributed by atoms with Gasteiger partial charge in [0, 0.05) is 6.54 Å². The van der Waals surface area contributed by atoms with Crippen LogP contribution in [0.4, 0.5) is 0 Å². The average Bonchev–Trinajstić information content (AvgIpc) is 2.30. The summed E-state index contributed by atoms with van der Waals surface area (Å²) in [6.07, 6.45) is 0. The first kappa shape index (κ1) is 17.0. The summed E-state index contributed by atoms with van der Waals surface area (Å²) in [7, 11) is 0. The first-order valence-corrected chi connectivity index (χ1v) is 8.29. The van der Waals surface area contributed by atoms with E-state index in [1.54, 1.807) is 0 Å². The summed E-state index contributed by atoms with van der Waals surface area (Å²) in [5.41, 5.74) is 1.16. The van der Waals surface area contributed by atoms with Gasteiger partial charge in [0.15, 0.2) is 0 Å². The third-order valence-electron chi connectivity index (χ3n) is 3.50. The highest BCUT2D eigenvalue weighted by Gasteiger charge is 2.16. The van der Waals surface area contributed by atoms with Crippen molar-refractivity contribution in [2.45, 2.75) is 34.2 Å². The maximum atomic E-state index is 9.68. The molecule has 2 nitrogen and oxygen atoms in total. The molecule has 0 aliphatic carbocycles. The van der Waals surface area contributed by atoms with Crippen molar-refractivity contribution in [3.8, 4) is 5.75 Å². The summed E-state index contributed by atoms with van der Waals surface area (Å²) < 4.78 is 1.45. The van der Waals surface area contributed by atoms with Crippen molar-refractivity contribution in [3.63, 3.8) is 0 Å². The molecule has 0 aliphatic rings. The second-order valence-electron chi connectivity index (χ2n) is 5.69. The third-order valence-corrected chi connectivity index (χ3v) is 4.71. The number of hydrogen-bond acceptors (Lipinski definition) is 2. The van der Waals surface area contributed by atoms with E-state index in [4.69, 9.17) is 0 Å². The van der Waals surface area contributed by atoms with Gasteiger partial charge in [-0.1, -0.05) is 27.7 Å². The van der Waals surface area contributed by atoms with E-state index in [0.29, 0.717) is 17.8 Å². The predicted molar refractivity (Wildman–Crippen MR) is 88.4 cm³/mol. The van der Waals surface area contributed by atoms with E-state index in [1.165, 1.54) is 0 Å². The molecule has 0 atom stereocenters. The maximum absolute atomic E-state index is 9.68. The zero-order valence-corrected chi connectivity index (χ0v) is 15.2. The van der Waals surface area contributed by atoms with Crippen LogP contribution < -0.4 is 5.32 Å². The van der Waals surface area contributed by atoms with Crippen LogP contribution in [0.2, 0.25) is 0 Å². The fourth-order valence-corrected chi connectivity index (χ4v) is 3.63. The zero-order valence-electron chi connectivity index (χ0n) is 12.0. The molecule has 1 aromatic carbocycles. The Morgan fingerprint density at radius 1 is 1.05 bits per heavy atom. The summed E-state index contributed by atoms with van der Waals surface area (Å²) in [5.74, 6) is 2.31. The molecule has 0 spiro atoms. The Bertz CT molecular complexity index is 388. The van der Waals surface area contributed by atoms with Gasteiger partial charge in [-0.3, -0.25) is 0 Å². The monoisotopic (exact) mass is 391 g/mol. The molecular formula is C15H23Br2NO. The van der Waals surface area contributed by atoms with Crippen molar-refractivity contribution in [3.05, 3.63) is 26.6 Å². The van der Waals surface area contributed by atoms with Gasteiger partial charge in [0.05, 0.1) is 8.95 Å². The number of aromatic hydroxyl groups is 1. The second kappa shape index (κ2) is 7.65. The Hall–Kier alpha value is -0.0600. The molecule has 0 amide bonds. The second-order valence-corrected chi connectivity index (χ2v) is 7.40. The Morgan fingerprint density at radius 3 is 1.95 bits per heavy atom. The standard InChI is InChI=1S/C15H23Br2NO/c1-9(2)12(10(3)4)8-18-7-11-5-13(16)15(19)14(17)6-11/h5-6,9-10,12,18-19H,7-8H2,1-4H3. The van der Waals surface area contributed by atoms with Crippen LogP contribution in [0.25, 0.3) is 0 Å². The number of phenolic OH excluding ortho intramolecular Hbond substituents is 1. The number of phenols is 1. The van der Waals surface area contributed by atoms with Crippen molar-refractivity contribution < 1.29 is 5.11 Å². The highest BCUT2D eigenvalue weighted by Crippen LogP contribution is 2.33. The molecule has 0 aromatic heterocycles. The van der Waals surface area contributed by atoms with E-state index in [2.05, 4.69) is 64.9 Å². The van der Waals surface area contributed by atoms with E-state index in [0.717, 1.165) is 27.6 Å². The van der Waals surface area contributed by atoms with Crippen molar-refractivity contribution in [1.82, 2.24) is 5.32 Å². The molecule has 0 radical (unpaired) electrons. The van der Waals surface area contributed by atoms with Crippen LogP contribution >= 0.6 is 31.9 Å². The largest absolute Gasteiger partial charge is 0.506 e. The minimum absolute atomic E-state index is 0.256. The van der Waals surface area contributed by atoms with Crippen LogP contribution in [0, 0.1) is 17.8 Å². The molecule has 0 bridgehead atoms. The highest BCUT2D eigenvalue weighted by atomic mass is 79.9. The fourth-order valence-electron chi connectivity index (χ4n) is 2.34. The Balaban J connectivity index is 2.58. The van der Waals surface area contributed by atoms with Crippen LogP contribution in [0.1, 0.15) is 33.3 Å². The molecule has 1 aromatic rings. The Labute approximate surface area is 133 Å². The van der Waals surface area contributed by atoms with Crippen LogP contribution in [0.5, 0.6) is 5.75 Å². The van der Waals surface area contributed by atoms with E-state index in [9.17, 15) is 5.11 Å². The van der Waals surface area contributed by atoms with E-state index < -0.39 is 0 Å². The van der Waals surface area contributed by atoms with Crippen LogP contribution in [-0.4, -0.2) is 11.7 Å². The minimum atomic E-state index is 0.256. The summed E-state index contributed by atoms with van der Waals surface area (Å²) in [4.78, 5) is 0. The van der Waals surface area contributed by atoms with Gasteiger partial charge in [-0.05, 0) is 73.9 Å². The maximum Gasteiger partial charge on any atom is 0.143 e. The lowest BCUT2D eigenvalue weighted by Gasteiger charge is -2.25. The van der Waals surface area contributed by atoms with Crippen molar-refractivity contribution >= 4 is 31.9 Å². The summed E-state index contributed by atoms with van der Waals surface area (Å²) >= 11 is 6.71. The van der Waals surface area contributed by atoms with Crippen LogP contribution in [-0.2, 0) is 6.54 Å². The summed E-state index contributed by atoms with van der Waals surface area (Å²) in [5, 5.41) is 13.2. The van der Waals surface area contributed by atoms with Gasteiger partial charge in [-0.25, -0.2) is 0 Å². The number of hydrogen-bond donors (Lipinski definition) is 2. The Kier molecular flexibility index (Phi) is 6.84. The number of halogens is 2. The van der Waals surface area contributed by atoms with E-state index >= 15 is 0 Å². The topological polar surface area (TPSA) is 32.3 Å². The lowest BCUT2D eigenvalue weighted by atomic mass is 9.85. The van der Waals surface area contributed by atoms with Crippen LogP contribution in [0.3, 0.4) is 0 Å². The van der Waals surface area contributed by atoms with Crippen LogP contribution in [0.15, 0.2) is 21.1 Å². The number of rotatable bonds is 6. The molecule has 0 heterocycles. The Morgan fingerprint density at radius 2 is 1.53 bits per heavy atom. The van der Waals surface area contributed by atoms with Gasteiger partial charge in [0.2, 0.25) is 0 Å². The smallest absolute Gasteiger partial charge is 0.143 e. The van der Waals surface area contributed by atoms with Gasteiger partial charge in [0.25, 0.3) is 0 Å².